The zero-order valence-electron chi connectivity index (χ0n) is 12.1. The van der Waals surface area contributed by atoms with Crippen molar-refractivity contribution in [2.45, 2.75) is 52.1 Å². The van der Waals surface area contributed by atoms with Gasteiger partial charge in [-0.1, -0.05) is 0 Å². The van der Waals surface area contributed by atoms with Crippen molar-refractivity contribution in [2.75, 3.05) is 13.2 Å². The average Bonchev–Trinajstić information content (AvgIpc) is 2.35. The molecule has 20 heavy (non-hydrogen) atoms. The smallest absolute Gasteiger partial charge is 0.338 e. The van der Waals surface area contributed by atoms with Gasteiger partial charge >= 0.3 is 11.9 Å². The summed E-state index contributed by atoms with van der Waals surface area (Å²) in [5.74, 6) is -2.11. The molecule has 0 spiro atoms. The van der Waals surface area contributed by atoms with Crippen LogP contribution in [0.4, 0.5) is 0 Å². The van der Waals surface area contributed by atoms with Gasteiger partial charge in [0.25, 0.3) is 0 Å². The summed E-state index contributed by atoms with van der Waals surface area (Å²) in [6.07, 6.45) is -4.71. The highest BCUT2D eigenvalue weighted by Crippen LogP contribution is 2.03. The molecule has 2 atom stereocenters. The van der Waals surface area contributed by atoms with E-state index in [4.69, 9.17) is 10.2 Å². The van der Waals surface area contributed by atoms with Crippen LogP contribution in [-0.4, -0.2) is 70.0 Å². The van der Waals surface area contributed by atoms with Crippen LogP contribution in [0.15, 0.2) is 0 Å². The molecule has 0 radical (unpaired) electrons. The van der Waals surface area contributed by atoms with Crippen molar-refractivity contribution in [3.05, 3.63) is 0 Å². The summed E-state index contributed by atoms with van der Waals surface area (Å²) in [5.41, 5.74) is 0. The van der Waals surface area contributed by atoms with Gasteiger partial charge in [0.2, 0.25) is 0 Å². The first-order chi connectivity index (χ1) is 9.17. The Morgan fingerprint density at radius 2 is 1.05 bits per heavy atom. The van der Waals surface area contributed by atoms with Crippen molar-refractivity contribution >= 4 is 11.9 Å². The van der Waals surface area contributed by atoms with Crippen LogP contribution in [0.1, 0.15) is 27.7 Å². The predicted octanol–water partition coefficient (Wildman–Crippen LogP) is -1.42. The molecule has 0 saturated heterocycles. The molecule has 0 amide bonds. The summed E-state index contributed by atoms with van der Waals surface area (Å²) >= 11 is 0. The molecule has 8 nitrogen and oxygen atoms in total. The summed E-state index contributed by atoms with van der Waals surface area (Å²) in [4.78, 5) is 22.3. The Bertz CT molecular complexity index is 249. The third-order valence-corrected chi connectivity index (χ3v) is 1.59. The molecule has 120 valence electrons. The van der Waals surface area contributed by atoms with Gasteiger partial charge in [-0.15, -0.1) is 0 Å². The number of esters is 2. The van der Waals surface area contributed by atoms with E-state index in [1.54, 1.807) is 27.7 Å². The van der Waals surface area contributed by atoms with E-state index in [0.29, 0.717) is 0 Å². The molecule has 0 saturated carbocycles. The quantitative estimate of drug-likeness (QED) is 0.439. The summed E-state index contributed by atoms with van der Waals surface area (Å²) in [5, 5.41) is 33.8. The molecular weight excluding hydrogens is 272 g/mol. The van der Waals surface area contributed by atoms with Crippen LogP contribution in [0, 0.1) is 0 Å². The Labute approximate surface area is 117 Å². The molecule has 0 aromatic rings. The fraction of sp³-hybridized carbons (Fsp3) is 0.833. The molecule has 0 aromatic heterocycles. The molecule has 0 aliphatic carbocycles. The van der Waals surface area contributed by atoms with Gasteiger partial charge in [0.15, 0.2) is 12.2 Å². The predicted molar refractivity (Wildman–Crippen MR) is 68.6 cm³/mol. The SMILES string of the molecule is CC(C)OC(=O)C(O)C(O)C(=O)OC(C)C.OCCO. The monoisotopic (exact) mass is 296 g/mol. The van der Waals surface area contributed by atoms with Gasteiger partial charge in [0.05, 0.1) is 25.4 Å². The van der Waals surface area contributed by atoms with Crippen molar-refractivity contribution in [3.63, 3.8) is 0 Å². The second-order valence-corrected chi connectivity index (χ2v) is 4.31. The lowest BCUT2D eigenvalue weighted by Crippen LogP contribution is -2.43. The zero-order chi connectivity index (χ0) is 16.3. The van der Waals surface area contributed by atoms with Crippen LogP contribution < -0.4 is 0 Å². The van der Waals surface area contributed by atoms with Gasteiger partial charge in [0.1, 0.15) is 0 Å². The molecule has 0 bridgehead atoms. The number of carbonyl (C=O) groups excluding carboxylic acids is 2. The van der Waals surface area contributed by atoms with Gasteiger partial charge in [-0.2, -0.15) is 0 Å². The van der Waals surface area contributed by atoms with Gasteiger partial charge < -0.3 is 29.9 Å². The third kappa shape index (κ3) is 10.7. The van der Waals surface area contributed by atoms with E-state index in [1.807, 2.05) is 0 Å². The lowest BCUT2D eigenvalue weighted by atomic mass is 10.2. The fourth-order valence-electron chi connectivity index (χ4n) is 0.862. The number of hydrogen-bond acceptors (Lipinski definition) is 8. The molecule has 0 aromatic carbocycles. The standard InChI is InChI=1S/C10H18O6.C2H6O2/c1-5(2)15-9(13)7(11)8(12)10(14)16-6(3)4;3-1-2-4/h5-8,11-12H,1-4H3;3-4H,1-2H2. The Morgan fingerprint density at radius 1 is 0.800 bits per heavy atom. The average molecular weight is 296 g/mol. The number of ether oxygens (including phenoxy) is 2. The maximum Gasteiger partial charge on any atom is 0.338 e. The number of hydrogen-bond donors (Lipinski definition) is 4. The first-order valence-corrected chi connectivity index (χ1v) is 6.16. The Balaban J connectivity index is 0. The molecule has 2 unspecified atom stereocenters. The highest BCUT2D eigenvalue weighted by Gasteiger charge is 2.33. The summed E-state index contributed by atoms with van der Waals surface area (Å²) in [7, 11) is 0. The van der Waals surface area contributed by atoms with Gasteiger partial charge in [-0.3, -0.25) is 0 Å². The molecule has 8 heteroatoms. The fourth-order valence-corrected chi connectivity index (χ4v) is 0.862. The van der Waals surface area contributed by atoms with Crippen molar-refractivity contribution < 1.29 is 39.5 Å². The van der Waals surface area contributed by atoms with Crippen LogP contribution in [0.5, 0.6) is 0 Å². The number of aliphatic hydroxyl groups is 4. The van der Waals surface area contributed by atoms with Crippen LogP contribution >= 0.6 is 0 Å². The number of carbonyl (C=O) groups is 2. The van der Waals surface area contributed by atoms with Crippen LogP contribution in [-0.2, 0) is 19.1 Å². The third-order valence-electron chi connectivity index (χ3n) is 1.59. The first-order valence-electron chi connectivity index (χ1n) is 6.16. The second kappa shape index (κ2) is 11.6. The van der Waals surface area contributed by atoms with Crippen molar-refractivity contribution in [2.24, 2.45) is 0 Å². The molecule has 4 N–H and O–H groups in total. The highest BCUT2D eigenvalue weighted by molar-refractivity contribution is 5.85. The maximum atomic E-state index is 11.1. The van der Waals surface area contributed by atoms with E-state index in [-0.39, 0.29) is 13.2 Å². The van der Waals surface area contributed by atoms with Crippen LogP contribution in [0.2, 0.25) is 0 Å². The summed E-state index contributed by atoms with van der Waals surface area (Å²) in [6, 6.07) is 0. The Morgan fingerprint density at radius 3 is 1.20 bits per heavy atom. The molecule has 0 rings (SSSR count). The molecular formula is C12H24O8. The normalized spacial score (nSPS) is 13.3. The maximum absolute atomic E-state index is 11.1. The van der Waals surface area contributed by atoms with Crippen LogP contribution in [0.25, 0.3) is 0 Å². The number of aliphatic hydroxyl groups excluding tert-OH is 4. The Hall–Kier alpha value is -1.22. The largest absolute Gasteiger partial charge is 0.461 e. The van der Waals surface area contributed by atoms with E-state index in [2.05, 4.69) is 9.47 Å². The molecule has 0 aliphatic rings. The van der Waals surface area contributed by atoms with Gasteiger partial charge in [0, 0.05) is 0 Å². The van der Waals surface area contributed by atoms with E-state index in [0.717, 1.165) is 0 Å². The molecule has 0 aliphatic heterocycles. The summed E-state index contributed by atoms with van der Waals surface area (Å²) < 4.78 is 9.26. The Kier molecular flexibility index (Phi) is 12.2. The minimum absolute atomic E-state index is 0.125. The highest BCUT2D eigenvalue weighted by atomic mass is 16.6. The van der Waals surface area contributed by atoms with Gasteiger partial charge in [-0.05, 0) is 27.7 Å². The van der Waals surface area contributed by atoms with E-state index in [9.17, 15) is 19.8 Å². The minimum Gasteiger partial charge on any atom is -0.461 e. The van der Waals surface area contributed by atoms with Gasteiger partial charge in [-0.25, -0.2) is 9.59 Å². The van der Waals surface area contributed by atoms with Crippen molar-refractivity contribution in [3.8, 4) is 0 Å². The van der Waals surface area contributed by atoms with Crippen molar-refractivity contribution in [1.82, 2.24) is 0 Å². The lowest BCUT2D eigenvalue weighted by Gasteiger charge is -2.18. The second-order valence-electron chi connectivity index (χ2n) is 4.31. The van der Waals surface area contributed by atoms with E-state index in [1.165, 1.54) is 0 Å². The zero-order valence-corrected chi connectivity index (χ0v) is 12.1. The molecule has 0 fully saturated rings. The summed E-state index contributed by atoms with van der Waals surface area (Å²) in [6.45, 7) is 6.10. The van der Waals surface area contributed by atoms with Crippen LogP contribution in [0.3, 0.4) is 0 Å². The van der Waals surface area contributed by atoms with Crippen molar-refractivity contribution in [1.29, 1.82) is 0 Å². The first kappa shape index (κ1) is 21.1. The topological polar surface area (TPSA) is 134 Å². The lowest BCUT2D eigenvalue weighted by molar-refractivity contribution is -0.177. The molecule has 0 heterocycles. The van der Waals surface area contributed by atoms with E-state index >= 15 is 0 Å². The van der Waals surface area contributed by atoms with E-state index < -0.39 is 36.4 Å². The number of rotatable bonds is 6. The minimum atomic E-state index is -1.92.